The summed E-state index contributed by atoms with van der Waals surface area (Å²) in [5, 5.41) is 0.0358. The zero-order valence-corrected chi connectivity index (χ0v) is 16.9. The van der Waals surface area contributed by atoms with Crippen LogP contribution >= 0.6 is 11.8 Å². The molecule has 0 saturated carbocycles. The first-order valence-corrected chi connectivity index (χ1v) is 9.76. The van der Waals surface area contributed by atoms with Gasteiger partial charge in [0, 0.05) is 24.3 Å². The number of imide groups is 1. The number of piperidine rings is 1. The van der Waals surface area contributed by atoms with E-state index in [4.69, 9.17) is 4.74 Å². The highest BCUT2D eigenvalue weighted by Gasteiger charge is 2.29. The van der Waals surface area contributed by atoms with Gasteiger partial charge >= 0.3 is 5.97 Å². The van der Waals surface area contributed by atoms with Crippen LogP contribution in [-0.2, 0) is 19.1 Å². The molecule has 0 bridgehead atoms. The minimum absolute atomic E-state index is 0.0358. The van der Waals surface area contributed by atoms with Crippen LogP contribution in [0.1, 0.15) is 29.5 Å². The van der Waals surface area contributed by atoms with Crippen molar-refractivity contribution in [3.05, 3.63) is 34.9 Å². The molecule has 1 unspecified atom stereocenters. The molecular formula is C20H25NO5S. The maximum Gasteiger partial charge on any atom is 0.315 e. The second kappa shape index (κ2) is 9.60. The summed E-state index contributed by atoms with van der Waals surface area (Å²) in [7, 11) is 2.95. The first-order valence-electron chi connectivity index (χ1n) is 8.71. The number of rotatable bonds is 6. The van der Waals surface area contributed by atoms with E-state index in [9.17, 15) is 14.4 Å². The Morgan fingerprint density at radius 3 is 2.67 bits per heavy atom. The Morgan fingerprint density at radius 2 is 2.04 bits per heavy atom. The van der Waals surface area contributed by atoms with Crippen LogP contribution in [0.15, 0.2) is 18.2 Å². The van der Waals surface area contributed by atoms with Crippen LogP contribution in [0, 0.1) is 13.8 Å². The van der Waals surface area contributed by atoms with Crippen molar-refractivity contribution in [1.82, 2.24) is 4.90 Å². The van der Waals surface area contributed by atoms with Crippen molar-refractivity contribution in [3.63, 3.8) is 0 Å². The van der Waals surface area contributed by atoms with Gasteiger partial charge in [-0.1, -0.05) is 6.07 Å². The Labute approximate surface area is 163 Å². The number of methoxy groups -OCH3 is 2. The average Bonchev–Trinajstić information content (AvgIpc) is 2.66. The van der Waals surface area contributed by atoms with Crippen molar-refractivity contribution in [2.75, 3.05) is 26.5 Å². The van der Waals surface area contributed by atoms with Crippen LogP contribution in [0.5, 0.6) is 5.75 Å². The van der Waals surface area contributed by atoms with Crippen molar-refractivity contribution in [3.8, 4) is 5.75 Å². The van der Waals surface area contributed by atoms with Gasteiger partial charge in [-0.05, 0) is 49.1 Å². The molecular weight excluding hydrogens is 366 g/mol. The Kier molecular flexibility index (Phi) is 7.47. The molecule has 7 heteroatoms. The third kappa shape index (κ3) is 5.60. The molecule has 0 radical (unpaired) electrons. The predicted octanol–water partition coefficient (Wildman–Crippen LogP) is 2.75. The van der Waals surface area contributed by atoms with Gasteiger partial charge in [-0.2, -0.15) is 0 Å². The van der Waals surface area contributed by atoms with E-state index < -0.39 is 0 Å². The molecule has 6 nitrogen and oxygen atoms in total. The summed E-state index contributed by atoms with van der Waals surface area (Å²) < 4.78 is 9.95. The number of aryl methyl sites for hydroxylation is 1. The van der Waals surface area contributed by atoms with E-state index in [-0.39, 0.29) is 35.2 Å². The van der Waals surface area contributed by atoms with Crippen LogP contribution in [0.4, 0.5) is 0 Å². The second-order valence-electron chi connectivity index (χ2n) is 6.38. The van der Waals surface area contributed by atoms with E-state index in [0.29, 0.717) is 13.0 Å². The zero-order chi connectivity index (χ0) is 20.0. The number of benzene rings is 1. The molecule has 1 aliphatic rings. The number of nitrogens with zero attached hydrogens (tertiary/aromatic N) is 1. The van der Waals surface area contributed by atoms with Crippen LogP contribution in [-0.4, -0.2) is 54.5 Å². The third-order valence-electron chi connectivity index (χ3n) is 4.59. The minimum atomic E-state index is -0.325. The first-order chi connectivity index (χ1) is 12.8. The summed E-state index contributed by atoms with van der Waals surface area (Å²) in [4.78, 5) is 37.2. The quantitative estimate of drug-likeness (QED) is 0.548. The van der Waals surface area contributed by atoms with E-state index in [1.807, 2.05) is 26.0 Å². The molecule has 1 aliphatic heterocycles. The molecule has 0 spiro atoms. The number of esters is 1. The molecule has 0 aliphatic carbocycles. The maximum absolute atomic E-state index is 12.4. The van der Waals surface area contributed by atoms with E-state index >= 15 is 0 Å². The lowest BCUT2D eigenvalue weighted by Crippen LogP contribution is -2.43. The van der Waals surface area contributed by atoms with E-state index in [1.165, 1.54) is 29.8 Å². The number of hydrogen-bond donors (Lipinski definition) is 0. The smallest absolute Gasteiger partial charge is 0.315 e. The zero-order valence-electron chi connectivity index (χ0n) is 16.1. The fourth-order valence-electron chi connectivity index (χ4n) is 2.84. The molecule has 1 aromatic carbocycles. The van der Waals surface area contributed by atoms with Gasteiger partial charge in [-0.25, -0.2) is 0 Å². The van der Waals surface area contributed by atoms with Gasteiger partial charge in [0.1, 0.15) is 5.75 Å². The summed E-state index contributed by atoms with van der Waals surface area (Å²) in [5.41, 5.74) is 2.97. The van der Waals surface area contributed by atoms with E-state index in [0.717, 1.165) is 22.4 Å². The summed E-state index contributed by atoms with van der Waals surface area (Å²) in [6, 6.07) is 3.84. The molecule has 1 aromatic rings. The summed E-state index contributed by atoms with van der Waals surface area (Å²) in [5.74, 6) is 0.139. The molecule has 1 atom stereocenters. The standard InChI is InChI=1S/C20H25NO5S/c1-13-9-15(10-17(25-3)14(13)2)5-6-18(22)21-8-7-16(11-19(21)23)27-12-20(24)26-4/h5-6,9-10,16H,7-8,11-12H2,1-4H3/b6-5+. The van der Waals surface area contributed by atoms with Crippen molar-refractivity contribution in [2.45, 2.75) is 31.9 Å². The molecule has 2 amide bonds. The number of carbonyl (C=O) groups excluding carboxylic acids is 3. The van der Waals surface area contributed by atoms with Crippen LogP contribution in [0.2, 0.25) is 0 Å². The SMILES string of the molecule is COC(=O)CSC1CCN(C(=O)/C=C/c2cc(C)c(C)c(OC)c2)C(=O)C1. The van der Waals surface area contributed by atoms with Gasteiger partial charge in [-0.15, -0.1) is 11.8 Å². The van der Waals surface area contributed by atoms with E-state index in [2.05, 4.69) is 4.74 Å². The molecule has 0 aromatic heterocycles. The molecule has 1 heterocycles. The first kappa shape index (κ1) is 21.0. The number of amides is 2. The van der Waals surface area contributed by atoms with Crippen LogP contribution in [0.3, 0.4) is 0 Å². The number of ether oxygens (including phenoxy) is 2. The largest absolute Gasteiger partial charge is 0.496 e. The third-order valence-corrected chi connectivity index (χ3v) is 5.87. The molecule has 0 N–H and O–H groups in total. The van der Waals surface area contributed by atoms with Gasteiger partial charge in [0.05, 0.1) is 20.0 Å². The Bertz CT molecular complexity index is 759. The highest BCUT2D eigenvalue weighted by molar-refractivity contribution is 8.00. The summed E-state index contributed by atoms with van der Waals surface area (Å²) in [6.45, 7) is 4.32. The number of hydrogen-bond acceptors (Lipinski definition) is 6. The van der Waals surface area contributed by atoms with Crippen LogP contribution < -0.4 is 4.74 Å². The summed E-state index contributed by atoms with van der Waals surface area (Å²) >= 11 is 1.40. The minimum Gasteiger partial charge on any atom is -0.496 e. The topological polar surface area (TPSA) is 72.9 Å². The molecule has 2 rings (SSSR count). The van der Waals surface area contributed by atoms with Crippen molar-refractivity contribution in [2.24, 2.45) is 0 Å². The summed E-state index contributed by atoms with van der Waals surface area (Å²) in [6.07, 6.45) is 4.04. The molecule has 1 saturated heterocycles. The fourth-order valence-corrected chi connectivity index (χ4v) is 3.87. The molecule has 27 heavy (non-hydrogen) atoms. The van der Waals surface area contributed by atoms with Gasteiger partial charge in [0.25, 0.3) is 5.91 Å². The number of carbonyl (C=O) groups is 3. The maximum atomic E-state index is 12.4. The monoisotopic (exact) mass is 391 g/mol. The van der Waals surface area contributed by atoms with Gasteiger partial charge in [0.2, 0.25) is 5.91 Å². The lowest BCUT2D eigenvalue weighted by Gasteiger charge is -2.29. The average molecular weight is 391 g/mol. The van der Waals surface area contributed by atoms with Crippen molar-refractivity contribution >= 4 is 35.6 Å². The predicted molar refractivity (Wildman–Crippen MR) is 106 cm³/mol. The Morgan fingerprint density at radius 1 is 1.30 bits per heavy atom. The van der Waals surface area contributed by atoms with E-state index in [1.54, 1.807) is 13.2 Å². The highest BCUT2D eigenvalue weighted by Crippen LogP contribution is 2.26. The highest BCUT2D eigenvalue weighted by atomic mass is 32.2. The molecule has 1 fully saturated rings. The fraction of sp³-hybridized carbons (Fsp3) is 0.450. The Hall–Kier alpha value is -2.28. The second-order valence-corrected chi connectivity index (χ2v) is 7.67. The molecule has 146 valence electrons. The van der Waals surface area contributed by atoms with Crippen molar-refractivity contribution in [1.29, 1.82) is 0 Å². The Balaban J connectivity index is 1.97. The lowest BCUT2D eigenvalue weighted by atomic mass is 10.0. The number of likely N-dealkylation sites (tertiary alicyclic amines) is 1. The van der Waals surface area contributed by atoms with Gasteiger partial charge in [0.15, 0.2) is 0 Å². The van der Waals surface area contributed by atoms with Crippen LogP contribution in [0.25, 0.3) is 6.08 Å². The van der Waals surface area contributed by atoms with Gasteiger partial charge < -0.3 is 9.47 Å². The normalized spacial score (nSPS) is 17.3. The lowest BCUT2D eigenvalue weighted by molar-refractivity contribution is -0.143. The van der Waals surface area contributed by atoms with Gasteiger partial charge in [-0.3, -0.25) is 19.3 Å². The number of thioether (sulfide) groups is 1. The van der Waals surface area contributed by atoms with Crippen molar-refractivity contribution < 1.29 is 23.9 Å².